The Morgan fingerprint density at radius 1 is 1.36 bits per heavy atom. The Labute approximate surface area is 129 Å². The van der Waals surface area contributed by atoms with Gasteiger partial charge in [-0.3, -0.25) is 9.59 Å². The molecule has 4 nitrogen and oxygen atoms in total. The number of carbonyl (C=O) groups excluding carboxylic acids is 2. The minimum atomic E-state index is -0.518. The van der Waals surface area contributed by atoms with E-state index >= 15 is 0 Å². The molecule has 0 radical (unpaired) electrons. The first-order valence-electron chi connectivity index (χ1n) is 7.53. The lowest BCUT2D eigenvalue weighted by Gasteiger charge is -2.41. The molecule has 1 unspecified atom stereocenters. The molecular formula is C17H19FN2O2. The van der Waals surface area contributed by atoms with Crippen molar-refractivity contribution in [2.75, 3.05) is 13.6 Å². The van der Waals surface area contributed by atoms with Gasteiger partial charge >= 0.3 is 0 Å². The molecule has 1 aromatic carbocycles. The highest BCUT2D eigenvalue weighted by molar-refractivity contribution is 5.94. The third kappa shape index (κ3) is 2.40. The van der Waals surface area contributed by atoms with Crippen molar-refractivity contribution in [1.29, 1.82) is 0 Å². The molecule has 1 saturated heterocycles. The molecule has 1 aliphatic carbocycles. The third-order valence-electron chi connectivity index (χ3n) is 4.76. The Bertz CT molecular complexity index is 656. The lowest BCUT2D eigenvalue weighted by molar-refractivity contribution is -0.131. The number of halogens is 1. The van der Waals surface area contributed by atoms with Gasteiger partial charge in [0, 0.05) is 31.1 Å². The van der Waals surface area contributed by atoms with Gasteiger partial charge in [0.05, 0.1) is 5.56 Å². The molecule has 0 bridgehead atoms. The van der Waals surface area contributed by atoms with Crippen molar-refractivity contribution in [3.8, 4) is 0 Å². The van der Waals surface area contributed by atoms with Gasteiger partial charge in [-0.05, 0) is 31.4 Å². The Morgan fingerprint density at radius 2 is 2.14 bits per heavy atom. The van der Waals surface area contributed by atoms with E-state index in [1.165, 1.54) is 12.1 Å². The number of likely N-dealkylation sites (tertiary alicyclic amines) is 1. The molecular weight excluding hydrogens is 283 g/mol. The summed E-state index contributed by atoms with van der Waals surface area (Å²) in [5, 5.41) is 2.85. The summed E-state index contributed by atoms with van der Waals surface area (Å²) in [5.41, 5.74) is 0.865. The maximum Gasteiger partial charge on any atom is 0.254 e. The first kappa shape index (κ1) is 14.8. The summed E-state index contributed by atoms with van der Waals surface area (Å²) in [4.78, 5) is 25.7. The van der Waals surface area contributed by atoms with Gasteiger partial charge in [-0.25, -0.2) is 4.39 Å². The summed E-state index contributed by atoms with van der Waals surface area (Å²) in [5.74, 6) is -0.807. The van der Waals surface area contributed by atoms with Gasteiger partial charge < -0.3 is 10.2 Å². The fourth-order valence-corrected chi connectivity index (χ4v) is 3.48. The number of hydrogen-bond donors (Lipinski definition) is 1. The van der Waals surface area contributed by atoms with E-state index in [1.807, 2.05) is 0 Å². The monoisotopic (exact) mass is 302 g/mol. The highest BCUT2D eigenvalue weighted by atomic mass is 19.1. The van der Waals surface area contributed by atoms with Gasteiger partial charge in [-0.2, -0.15) is 0 Å². The quantitative estimate of drug-likeness (QED) is 0.932. The third-order valence-corrected chi connectivity index (χ3v) is 4.76. The van der Waals surface area contributed by atoms with Crippen LogP contribution in [0.1, 0.15) is 36.0 Å². The summed E-state index contributed by atoms with van der Waals surface area (Å²) < 4.78 is 13.7. The molecule has 0 spiro atoms. The van der Waals surface area contributed by atoms with Crippen molar-refractivity contribution < 1.29 is 14.0 Å². The van der Waals surface area contributed by atoms with Crippen LogP contribution in [0.15, 0.2) is 36.0 Å². The van der Waals surface area contributed by atoms with Crippen LogP contribution in [-0.4, -0.2) is 30.3 Å². The standard InChI is InChI=1S/C17H19FN2O2/c1-20-14-7-4-9-17(14,10-8-15(20)21)11-19-16(22)12-5-2-3-6-13(12)18/h2-3,5-7H,4,8-11H2,1H3,(H,19,22). The predicted octanol–water partition coefficient (Wildman–Crippen LogP) is 2.47. The topological polar surface area (TPSA) is 49.4 Å². The van der Waals surface area contributed by atoms with Gasteiger partial charge in [0.1, 0.15) is 5.82 Å². The number of piperidine rings is 1. The van der Waals surface area contributed by atoms with Crippen LogP contribution in [0.25, 0.3) is 0 Å². The fraction of sp³-hybridized carbons (Fsp3) is 0.412. The van der Waals surface area contributed by atoms with Gasteiger partial charge in [0.15, 0.2) is 0 Å². The van der Waals surface area contributed by atoms with Crippen LogP contribution in [0.5, 0.6) is 0 Å². The first-order chi connectivity index (χ1) is 10.5. The number of allylic oxidation sites excluding steroid dienone is 1. The summed E-state index contributed by atoms with van der Waals surface area (Å²) >= 11 is 0. The van der Waals surface area contributed by atoms with Crippen molar-refractivity contribution in [3.63, 3.8) is 0 Å². The molecule has 1 atom stereocenters. The average Bonchev–Trinajstić information content (AvgIpc) is 2.94. The van der Waals surface area contributed by atoms with E-state index in [9.17, 15) is 14.0 Å². The zero-order valence-electron chi connectivity index (χ0n) is 12.6. The molecule has 2 aliphatic rings. The van der Waals surface area contributed by atoms with E-state index < -0.39 is 11.7 Å². The van der Waals surface area contributed by atoms with Crippen LogP contribution in [0.3, 0.4) is 0 Å². The molecule has 1 heterocycles. The molecule has 1 fully saturated rings. The van der Waals surface area contributed by atoms with E-state index in [2.05, 4.69) is 11.4 Å². The van der Waals surface area contributed by atoms with E-state index in [1.54, 1.807) is 24.1 Å². The number of nitrogens with zero attached hydrogens (tertiary/aromatic N) is 1. The number of nitrogens with one attached hydrogen (secondary N) is 1. The molecule has 5 heteroatoms. The molecule has 0 aromatic heterocycles. The number of rotatable bonds is 3. The second-order valence-corrected chi connectivity index (χ2v) is 6.02. The van der Waals surface area contributed by atoms with Gasteiger partial charge in [-0.1, -0.05) is 18.2 Å². The van der Waals surface area contributed by atoms with Crippen LogP contribution in [0, 0.1) is 11.2 Å². The lowest BCUT2D eigenvalue weighted by atomic mass is 9.77. The largest absolute Gasteiger partial charge is 0.351 e. The van der Waals surface area contributed by atoms with E-state index in [-0.39, 0.29) is 16.9 Å². The molecule has 3 rings (SSSR count). The Kier molecular flexibility index (Phi) is 3.72. The smallest absolute Gasteiger partial charge is 0.254 e. The maximum absolute atomic E-state index is 13.7. The Morgan fingerprint density at radius 3 is 2.91 bits per heavy atom. The molecule has 0 saturated carbocycles. The van der Waals surface area contributed by atoms with Gasteiger partial charge in [0.25, 0.3) is 5.91 Å². The van der Waals surface area contributed by atoms with Crippen LogP contribution < -0.4 is 5.32 Å². The number of amides is 2. The molecule has 22 heavy (non-hydrogen) atoms. The SMILES string of the molecule is CN1C(=O)CCC2(CNC(=O)c3ccccc3F)CCC=C12. The fourth-order valence-electron chi connectivity index (χ4n) is 3.48. The van der Waals surface area contributed by atoms with Crippen molar-refractivity contribution in [2.45, 2.75) is 25.7 Å². The molecule has 1 N–H and O–H groups in total. The van der Waals surface area contributed by atoms with Gasteiger partial charge in [0.2, 0.25) is 5.91 Å². The second kappa shape index (κ2) is 5.55. The summed E-state index contributed by atoms with van der Waals surface area (Å²) in [6, 6.07) is 5.96. The minimum Gasteiger partial charge on any atom is -0.351 e. The summed E-state index contributed by atoms with van der Waals surface area (Å²) in [6.07, 6.45) is 5.12. The zero-order valence-corrected chi connectivity index (χ0v) is 12.6. The summed E-state index contributed by atoms with van der Waals surface area (Å²) in [7, 11) is 1.78. The Balaban J connectivity index is 1.73. The van der Waals surface area contributed by atoms with E-state index in [0.29, 0.717) is 13.0 Å². The number of carbonyl (C=O) groups is 2. The highest BCUT2D eigenvalue weighted by Gasteiger charge is 2.44. The average molecular weight is 302 g/mol. The Hall–Kier alpha value is -2.17. The second-order valence-electron chi connectivity index (χ2n) is 6.02. The van der Waals surface area contributed by atoms with E-state index in [4.69, 9.17) is 0 Å². The first-order valence-corrected chi connectivity index (χ1v) is 7.53. The lowest BCUT2D eigenvalue weighted by Crippen LogP contribution is -2.46. The van der Waals surface area contributed by atoms with Crippen molar-refractivity contribution in [3.05, 3.63) is 47.4 Å². The minimum absolute atomic E-state index is 0.0580. The van der Waals surface area contributed by atoms with Crippen molar-refractivity contribution >= 4 is 11.8 Å². The maximum atomic E-state index is 13.7. The highest BCUT2D eigenvalue weighted by Crippen LogP contribution is 2.46. The number of hydrogen-bond acceptors (Lipinski definition) is 2. The van der Waals surface area contributed by atoms with E-state index in [0.717, 1.165) is 25.0 Å². The summed E-state index contributed by atoms with van der Waals surface area (Å²) in [6.45, 7) is 0.434. The normalized spacial score (nSPS) is 24.0. The predicted molar refractivity (Wildman–Crippen MR) is 80.5 cm³/mol. The molecule has 1 aromatic rings. The van der Waals surface area contributed by atoms with Crippen LogP contribution in [0.2, 0.25) is 0 Å². The van der Waals surface area contributed by atoms with Crippen LogP contribution in [-0.2, 0) is 4.79 Å². The zero-order chi connectivity index (χ0) is 15.7. The number of fused-ring (bicyclic) bond motifs is 1. The molecule has 116 valence electrons. The van der Waals surface area contributed by atoms with Crippen molar-refractivity contribution in [2.24, 2.45) is 5.41 Å². The molecule has 1 aliphatic heterocycles. The molecule has 2 amide bonds. The van der Waals surface area contributed by atoms with Crippen molar-refractivity contribution in [1.82, 2.24) is 10.2 Å². The van der Waals surface area contributed by atoms with Gasteiger partial charge in [-0.15, -0.1) is 0 Å². The number of benzene rings is 1. The van der Waals surface area contributed by atoms with Crippen LogP contribution in [0.4, 0.5) is 4.39 Å². The van der Waals surface area contributed by atoms with Crippen LogP contribution >= 0.6 is 0 Å².